The molecule has 3 fully saturated rings. The van der Waals surface area contributed by atoms with Crippen LogP contribution in [0.3, 0.4) is 0 Å². The Balaban J connectivity index is 1.48. The molecule has 25 heteroatoms. The molecule has 0 radical (unpaired) electrons. The topological polar surface area (TPSA) is 362 Å². The minimum Gasteiger partial charge on any atom is -0.480 e. The van der Waals surface area contributed by atoms with Gasteiger partial charge in [0.1, 0.15) is 48.3 Å². The Morgan fingerprint density at radius 2 is 1.21 bits per heavy atom. The highest BCUT2D eigenvalue weighted by Crippen LogP contribution is 2.27. The van der Waals surface area contributed by atoms with E-state index in [1.807, 2.05) is 0 Å². The van der Waals surface area contributed by atoms with Gasteiger partial charge in [0.05, 0.1) is 25.6 Å². The molecule has 9 atom stereocenters. The number of carbonyl (C=O) groups excluding carboxylic acids is 10. The molecule has 3 saturated heterocycles. The standard InChI is InChI=1S/C47H71N11O13S/c1-25(2)19-31(47(70)71)53-40(63)29(21-36(49)60)51-42(65)33-13-8-16-56(33)45(68)35-15-10-18-58(35)44(67)30(20-27-11-6-5-7-12-27)52-41(64)32(23-59)54-43(66)34-14-9-17-57(34)46(69)38(26(3)4)55-37(61)22-50-39(62)28(48)24-72/h5-7,11-12,25-26,28-35,38,59,72H,8-10,13-24,48H2,1-4H3,(H2,49,60)(H,50,62)(H,51,65)(H,52,64)(H,53,63)(H,54,66)(H,55,61)(H,70,71)/t28-,29-,30-,31-,32-,33-,34-,35-,38-/m0/s1. The number of nitrogens with zero attached hydrogens (tertiary/aromatic N) is 3. The van der Waals surface area contributed by atoms with Gasteiger partial charge in [-0.25, -0.2) is 4.79 Å². The van der Waals surface area contributed by atoms with Crippen LogP contribution in [0.1, 0.15) is 84.6 Å². The Labute approximate surface area is 423 Å². The van der Waals surface area contributed by atoms with Crippen molar-refractivity contribution < 1.29 is 63.0 Å². The summed E-state index contributed by atoms with van der Waals surface area (Å²) in [5, 5.41) is 35.1. The number of amides is 10. The summed E-state index contributed by atoms with van der Waals surface area (Å²) in [5.41, 5.74) is 11.7. The normalized spacial score (nSPS) is 20.1. The molecule has 1 aromatic rings. The summed E-state index contributed by atoms with van der Waals surface area (Å²) in [7, 11) is 0. The minimum atomic E-state index is -1.60. The number of thiol groups is 1. The number of benzene rings is 1. The number of aliphatic carboxylic acids is 1. The van der Waals surface area contributed by atoms with Gasteiger partial charge in [0, 0.05) is 31.8 Å². The number of aliphatic hydroxyl groups is 1. The number of rotatable bonds is 25. The van der Waals surface area contributed by atoms with Crippen LogP contribution >= 0.6 is 12.6 Å². The van der Waals surface area contributed by atoms with Crippen LogP contribution in [0.15, 0.2) is 30.3 Å². The molecule has 10 amide bonds. The fraction of sp³-hybridized carbons (Fsp3) is 0.638. The van der Waals surface area contributed by atoms with Crippen LogP contribution < -0.4 is 43.4 Å². The zero-order chi connectivity index (χ0) is 53.4. The Bertz CT molecular complexity index is 2150. The number of likely N-dealkylation sites (tertiary alicyclic amines) is 3. The summed E-state index contributed by atoms with van der Waals surface area (Å²) in [5.74, 6) is -9.28. The first kappa shape index (κ1) is 58.2. The first-order valence-corrected chi connectivity index (χ1v) is 24.9. The number of primary amides is 1. The minimum absolute atomic E-state index is 0.0480. The summed E-state index contributed by atoms with van der Waals surface area (Å²) in [6.07, 6.45) is 1.10. The van der Waals surface area contributed by atoms with Crippen molar-refractivity contribution in [2.75, 3.05) is 38.5 Å². The van der Waals surface area contributed by atoms with E-state index in [1.165, 1.54) is 14.7 Å². The highest BCUT2D eigenvalue weighted by atomic mass is 32.1. The van der Waals surface area contributed by atoms with Gasteiger partial charge in [-0.2, -0.15) is 12.6 Å². The predicted octanol–water partition coefficient (Wildman–Crippen LogP) is -3.35. The van der Waals surface area contributed by atoms with E-state index in [0.717, 1.165) is 0 Å². The molecule has 72 heavy (non-hydrogen) atoms. The van der Waals surface area contributed by atoms with E-state index < -0.39 is 145 Å². The van der Waals surface area contributed by atoms with Gasteiger partial charge < -0.3 is 68.3 Å². The Morgan fingerprint density at radius 3 is 1.75 bits per heavy atom. The molecular weight excluding hydrogens is 959 g/mol. The lowest BCUT2D eigenvalue weighted by Crippen LogP contribution is -2.61. The van der Waals surface area contributed by atoms with E-state index >= 15 is 0 Å². The zero-order valence-electron chi connectivity index (χ0n) is 41.2. The summed E-state index contributed by atoms with van der Waals surface area (Å²) < 4.78 is 0. The Kier molecular flexibility index (Phi) is 22.2. The third-order valence-corrected chi connectivity index (χ3v) is 13.2. The lowest BCUT2D eigenvalue weighted by atomic mass is 10.0. The van der Waals surface area contributed by atoms with Crippen molar-refractivity contribution in [2.24, 2.45) is 23.3 Å². The van der Waals surface area contributed by atoms with Gasteiger partial charge in [-0.05, 0) is 62.3 Å². The molecular formula is C47H71N11O13S. The van der Waals surface area contributed by atoms with Crippen LogP contribution in [-0.4, -0.2) is 183 Å². The van der Waals surface area contributed by atoms with Gasteiger partial charge >= 0.3 is 5.97 Å². The van der Waals surface area contributed by atoms with Gasteiger partial charge in [-0.1, -0.05) is 58.0 Å². The first-order valence-electron chi connectivity index (χ1n) is 24.3. The summed E-state index contributed by atoms with van der Waals surface area (Å²) >= 11 is 3.97. The molecule has 0 aromatic heterocycles. The Morgan fingerprint density at radius 1 is 0.681 bits per heavy atom. The number of nitrogens with one attached hydrogen (secondary N) is 6. The van der Waals surface area contributed by atoms with E-state index in [-0.39, 0.29) is 63.4 Å². The van der Waals surface area contributed by atoms with E-state index in [2.05, 4.69) is 44.5 Å². The van der Waals surface area contributed by atoms with Crippen LogP contribution in [0.2, 0.25) is 0 Å². The second-order valence-corrected chi connectivity index (χ2v) is 19.5. The lowest BCUT2D eigenvalue weighted by molar-refractivity contribution is -0.148. The smallest absolute Gasteiger partial charge is 0.326 e. The molecule has 24 nitrogen and oxygen atoms in total. The van der Waals surface area contributed by atoms with Crippen molar-refractivity contribution in [1.82, 2.24) is 46.6 Å². The van der Waals surface area contributed by atoms with Crippen LogP contribution in [0.5, 0.6) is 0 Å². The van der Waals surface area contributed by atoms with Gasteiger partial charge in [0.15, 0.2) is 0 Å². The van der Waals surface area contributed by atoms with Crippen molar-refractivity contribution in [1.29, 1.82) is 0 Å². The highest BCUT2D eigenvalue weighted by Gasteiger charge is 2.45. The molecule has 1 aromatic carbocycles. The average Bonchev–Trinajstić information content (AvgIpc) is 4.15. The van der Waals surface area contributed by atoms with Crippen LogP contribution in [-0.2, 0) is 59.2 Å². The number of nitrogens with two attached hydrogens (primary N) is 2. The number of hydrogen-bond donors (Lipinski definition) is 11. The number of carboxylic acids is 1. The van der Waals surface area contributed by atoms with Crippen molar-refractivity contribution in [3.63, 3.8) is 0 Å². The molecule has 3 aliphatic rings. The molecule has 0 aliphatic carbocycles. The largest absolute Gasteiger partial charge is 0.480 e. The molecule has 398 valence electrons. The van der Waals surface area contributed by atoms with E-state index in [0.29, 0.717) is 24.8 Å². The van der Waals surface area contributed by atoms with E-state index in [1.54, 1.807) is 58.0 Å². The molecule has 4 rings (SSSR count). The van der Waals surface area contributed by atoms with Gasteiger partial charge in [0.2, 0.25) is 59.1 Å². The van der Waals surface area contributed by atoms with E-state index in [4.69, 9.17) is 11.5 Å². The maximum absolute atomic E-state index is 14.6. The van der Waals surface area contributed by atoms with Gasteiger partial charge in [-0.3, -0.25) is 47.9 Å². The van der Waals surface area contributed by atoms with Gasteiger partial charge in [-0.15, -0.1) is 0 Å². The third kappa shape index (κ3) is 16.1. The molecule has 12 N–H and O–H groups in total. The van der Waals surface area contributed by atoms with Crippen molar-refractivity contribution in [2.45, 2.75) is 140 Å². The number of carbonyl (C=O) groups is 11. The molecule has 3 heterocycles. The molecule has 3 aliphatic heterocycles. The second kappa shape index (κ2) is 27.5. The maximum atomic E-state index is 14.6. The van der Waals surface area contributed by atoms with Crippen LogP contribution in [0.4, 0.5) is 0 Å². The summed E-state index contributed by atoms with van der Waals surface area (Å²) in [6.45, 7) is 5.90. The lowest BCUT2D eigenvalue weighted by Gasteiger charge is -2.34. The van der Waals surface area contributed by atoms with Crippen LogP contribution in [0, 0.1) is 11.8 Å². The highest BCUT2D eigenvalue weighted by molar-refractivity contribution is 7.80. The van der Waals surface area contributed by atoms with Gasteiger partial charge in [0.25, 0.3) is 0 Å². The number of carboxylic acid groups (broad SMARTS) is 1. The molecule has 0 unspecified atom stereocenters. The number of aliphatic hydroxyl groups excluding tert-OH is 1. The van der Waals surface area contributed by atoms with Crippen molar-refractivity contribution in [3.05, 3.63) is 35.9 Å². The first-order chi connectivity index (χ1) is 34.1. The Hall–Kier alpha value is -6.34. The zero-order valence-corrected chi connectivity index (χ0v) is 42.1. The third-order valence-electron chi connectivity index (χ3n) is 12.8. The SMILES string of the molecule is CC(C)C[C@H](NC(=O)[C@H](CC(N)=O)NC(=O)[C@@H]1CCCN1C(=O)[C@@H]1CCCN1C(=O)[C@H](Cc1ccccc1)NC(=O)[C@H](CO)NC(=O)[C@@H]1CCCN1C(=O)[C@@H](NC(=O)CNC(=O)[C@@H](N)CS)C(C)C)C(=O)O. The second-order valence-electron chi connectivity index (χ2n) is 19.1. The molecule has 0 saturated carbocycles. The fourth-order valence-corrected chi connectivity index (χ4v) is 9.18. The fourth-order valence-electron chi connectivity index (χ4n) is 9.01. The monoisotopic (exact) mass is 1030 g/mol. The van der Waals surface area contributed by atoms with Crippen molar-refractivity contribution in [3.8, 4) is 0 Å². The predicted molar refractivity (Wildman–Crippen MR) is 262 cm³/mol. The van der Waals surface area contributed by atoms with Crippen LogP contribution in [0.25, 0.3) is 0 Å². The van der Waals surface area contributed by atoms with E-state index in [9.17, 15) is 63.0 Å². The summed E-state index contributed by atoms with van der Waals surface area (Å²) in [6, 6.07) is -2.44. The molecule has 0 bridgehead atoms. The maximum Gasteiger partial charge on any atom is 0.326 e. The quantitative estimate of drug-likeness (QED) is 0.0427. The molecule has 0 spiro atoms. The number of hydrogen-bond acceptors (Lipinski definition) is 14. The van der Waals surface area contributed by atoms with Crippen molar-refractivity contribution >= 4 is 77.7 Å². The summed E-state index contributed by atoms with van der Waals surface area (Å²) in [4.78, 5) is 150. The average molecular weight is 1030 g/mol.